The van der Waals surface area contributed by atoms with E-state index in [1.165, 1.54) is 9.80 Å². The van der Waals surface area contributed by atoms with Crippen molar-refractivity contribution in [3.63, 3.8) is 0 Å². The number of hydrogen-bond acceptors (Lipinski definition) is 5. The van der Waals surface area contributed by atoms with Crippen LogP contribution < -0.4 is 9.80 Å². The molecule has 1 amide bonds. The van der Waals surface area contributed by atoms with Crippen molar-refractivity contribution < 1.29 is 36.2 Å². The Morgan fingerprint density at radius 2 is 1.66 bits per heavy atom. The first kappa shape index (κ1) is 25.8. The van der Waals surface area contributed by atoms with Gasteiger partial charge in [0.15, 0.2) is 0 Å². The molecule has 1 aliphatic heterocycles. The summed E-state index contributed by atoms with van der Waals surface area (Å²) in [5.41, 5.74) is -0.00785. The van der Waals surface area contributed by atoms with Crippen LogP contribution in [0.4, 0.5) is 42.8 Å². The lowest BCUT2D eigenvalue weighted by Gasteiger charge is -2.32. The van der Waals surface area contributed by atoms with Gasteiger partial charge in [0.25, 0.3) is 5.95 Å². The van der Waals surface area contributed by atoms with Crippen LogP contribution in [-0.2, 0) is 31.7 Å². The SMILES string of the molecule is O=C(O)N1CCC[C@H](N(Cc2cc(C(F)(F)F)cc(C(F)(F)F)c2)c2nn[nH]n2)c2cc3c(cc21)CCC3. The second-order valence-electron chi connectivity index (χ2n) is 9.38. The second kappa shape index (κ2) is 9.48. The number of nitrogens with one attached hydrogen (secondary N) is 1. The lowest BCUT2D eigenvalue weighted by molar-refractivity contribution is -0.143. The van der Waals surface area contributed by atoms with E-state index in [0.29, 0.717) is 36.2 Å². The van der Waals surface area contributed by atoms with Crippen molar-refractivity contribution in [2.45, 2.75) is 57.0 Å². The molecule has 202 valence electrons. The summed E-state index contributed by atoms with van der Waals surface area (Å²) < 4.78 is 81.1. The number of fused-ring (bicyclic) bond motifs is 2. The summed E-state index contributed by atoms with van der Waals surface area (Å²) in [6, 6.07) is 4.51. The van der Waals surface area contributed by atoms with Gasteiger partial charge in [0.05, 0.1) is 22.9 Å². The molecule has 1 atom stereocenters. The zero-order chi connectivity index (χ0) is 27.2. The first-order valence-electron chi connectivity index (χ1n) is 11.9. The summed E-state index contributed by atoms with van der Waals surface area (Å²) in [5, 5.41) is 23.6. The Morgan fingerprint density at radius 3 is 2.24 bits per heavy atom. The van der Waals surface area contributed by atoms with Gasteiger partial charge in [0.1, 0.15) is 0 Å². The molecule has 8 nitrogen and oxygen atoms in total. The number of aromatic nitrogens is 4. The smallest absolute Gasteiger partial charge is 0.416 e. The average Bonchev–Trinajstić information content (AvgIpc) is 3.49. The zero-order valence-electron chi connectivity index (χ0n) is 19.8. The number of hydrogen-bond donors (Lipinski definition) is 2. The number of alkyl halides is 6. The fraction of sp³-hybridized carbons (Fsp3) is 0.417. The van der Waals surface area contributed by atoms with Gasteiger partial charge in [0.2, 0.25) is 0 Å². The fourth-order valence-corrected chi connectivity index (χ4v) is 5.28. The Morgan fingerprint density at radius 1 is 1.00 bits per heavy atom. The number of anilines is 2. The number of aryl methyl sites for hydroxylation is 2. The minimum absolute atomic E-state index is 0.0313. The number of carbonyl (C=O) groups is 1. The highest BCUT2D eigenvalue weighted by Gasteiger charge is 2.38. The van der Waals surface area contributed by atoms with Crippen LogP contribution in [-0.4, -0.2) is 38.4 Å². The van der Waals surface area contributed by atoms with E-state index in [9.17, 15) is 36.2 Å². The number of aromatic amines is 1. The predicted octanol–water partition coefficient (Wildman–Crippen LogP) is 5.75. The summed E-state index contributed by atoms with van der Waals surface area (Å²) >= 11 is 0. The topological polar surface area (TPSA) is 98.2 Å². The maximum absolute atomic E-state index is 13.5. The van der Waals surface area contributed by atoms with Crippen LogP contribution in [0.2, 0.25) is 0 Å². The molecule has 3 aromatic rings. The van der Waals surface area contributed by atoms with Gasteiger partial charge in [-0.15, -0.1) is 5.10 Å². The first-order valence-corrected chi connectivity index (χ1v) is 11.9. The molecule has 2 heterocycles. The van der Waals surface area contributed by atoms with Crippen molar-refractivity contribution in [2.75, 3.05) is 16.3 Å². The number of tetrazole rings is 1. The normalized spacial score (nSPS) is 17.6. The summed E-state index contributed by atoms with van der Waals surface area (Å²) in [6.45, 7) is -0.222. The van der Waals surface area contributed by atoms with Gasteiger partial charge >= 0.3 is 18.4 Å². The molecular weight excluding hydrogens is 518 g/mol. The molecular formula is C24H22F6N6O2. The molecule has 1 aliphatic carbocycles. The minimum Gasteiger partial charge on any atom is -0.465 e. The van der Waals surface area contributed by atoms with Crippen molar-refractivity contribution in [3.05, 3.63) is 63.7 Å². The molecule has 2 aliphatic rings. The summed E-state index contributed by atoms with van der Waals surface area (Å²) in [4.78, 5) is 14.8. The van der Waals surface area contributed by atoms with E-state index in [0.717, 1.165) is 30.4 Å². The quantitative estimate of drug-likeness (QED) is 0.409. The Kier molecular flexibility index (Phi) is 6.43. The van der Waals surface area contributed by atoms with Crippen molar-refractivity contribution in [1.82, 2.24) is 20.6 Å². The van der Waals surface area contributed by atoms with Crippen LogP contribution in [0.15, 0.2) is 30.3 Å². The Hall–Kier alpha value is -3.84. The Labute approximate surface area is 212 Å². The highest BCUT2D eigenvalue weighted by atomic mass is 19.4. The molecule has 2 aromatic carbocycles. The van der Waals surface area contributed by atoms with Gasteiger partial charge in [-0.1, -0.05) is 11.2 Å². The number of amides is 1. The van der Waals surface area contributed by atoms with Crippen molar-refractivity contribution in [2.24, 2.45) is 0 Å². The third-order valence-corrected chi connectivity index (χ3v) is 6.95. The molecule has 0 radical (unpaired) electrons. The maximum Gasteiger partial charge on any atom is 0.416 e. The molecule has 0 spiro atoms. The number of H-pyrrole nitrogens is 1. The zero-order valence-corrected chi connectivity index (χ0v) is 19.8. The van der Waals surface area contributed by atoms with Gasteiger partial charge in [0, 0.05) is 13.1 Å². The molecule has 5 rings (SSSR count). The highest BCUT2D eigenvalue weighted by molar-refractivity contribution is 5.88. The number of rotatable bonds is 4. The highest BCUT2D eigenvalue weighted by Crippen LogP contribution is 2.43. The molecule has 1 aromatic heterocycles. The summed E-state index contributed by atoms with van der Waals surface area (Å²) in [5.74, 6) is -0.0313. The van der Waals surface area contributed by atoms with E-state index in [2.05, 4.69) is 20.6 Å². The Balaban J connectivity index is 1.63. The van der Waals surface area contributed by atoms with Crippen LogP contribution >= 0.6 is 0 Å². The lowest BCUT2D eigenvalue weighted by Crippen LogP contribution is -2.31. The summed E-state index contributed by atoms with van der Waals surface area (Å²) in [6.07, 6.45) is -7.92. The third kappa shape index (κ3) is 4.98. The number of benzene rings is 2. The van der Waals surface area contributed by atoms with E-state index < -0.39 is 42.2 Å². The standard InChI is InChI=1S/C24H22F6N6O2/c25-23(26,27)16-7-13(8-17(11-16)24(28,29)30)12-36(21-31-33-34-32-21)19-5-2-6-35(22(37)38)20-10-15-4-1-3-14(15)9-18(19)20/h7-11,19H,1-6,12H2,(H,37,38)(H,31,32,33,34)/t19-/m0/s1. The van der Waals surface area contributed by atoms with Crippen LogP contribution in [0.1, 0.15) is 58.7 Å². The van der Waals surface area contributed by atoms with Crippen LogP contribution in [0.3, 0.4) is 0 Å². The van der Waals surface area contributed by atoms with E-state index in [1.54, 1.807) is 0 Å². The molecule has 14 heteroatoms. The molecule has 0 fully saturated rings. The second-order valence-corrected chi connectivity index (χ2v) is 9.38. The predicted molar refractivity (Wildman–Crippen MR) is 123 cm³/mol. The fourth-order valence-electron chi connectivity index (χ4n) is 5.28. The third-order valence-electron chi connectivity index (χ3n) is 6.95. The van der Waals surface area contributed by atoms with Crippen molar-refractivity contribution in [3.8, 4) is 0 Å². The van der Waals surface area contributed by atoms with Gasteiger partial charge in [-0.05, 0) is 83.8 Å². The van der Waals surface area contributed by atoms with Crippen LogP contribution in [0, 0.1) is 0 Å². The van der Waals surface area contributed by atoms with E-state index >= 15 is 0 Å². The lowest BCUT2D eigenvalue weighted by atomic mass is 9.95. The van der Waals surface area contributed by atoms with Crippen LogP contribution in [0.5, 0.6) is 0 Å². The monoisotopic (exact) mass is 540 g/mol. The first-order chi connectivity index (χ1) is 17.9. The maximum atomic E-state index is 13.5. The van der Waals surface area contributed by atoms with Gasteiger partial charge in [-0.2, -0.15) is 31.6 Å². The van der Waals surface area contributed by atoms with E-state index in [4.69, 9.17) is 0 Å². The number of halogens is 6. The van der Waals surface area contributed by atoms with E-state index in [1.807, 2.05) is 12.1 Å². The molecule has 0 saturated carbocycles. The van der Waals surface area contributed by atoms with Gasteiger partial charge in [-0.3, -0.25) is 4.90 Å². The van der Waals surface area contributed by atoms with E-state index in [-0.39, 0.29) is 24.1 Å². The summed E-state index contributed by atoms with van der Waals surface area (Å²) in [7, 11) is 0. The average molecular weight is 540 g/mol. The van der Waals surface area contributed by atoms with Gasteiger partial charge in [-0.25, -0.2) is 4.79 Å². The number of nitrogens with zero attached hydrogens (tertiary/aromatic N) is 5. The molecule has 2 N–H and O–H groups in total. The largest absolute Gasteiger partial charge is 0.465 e. The molecule has 0 saturated heterocycles. The van der Waals surface area contributed by atoms with Crippen molar-refractivity contribution in [1.29, 1.82) is 0 Å². The molecule has 38 heavy (non-hydrogen) atoms. The van der Waals surface area contributed by atoms with Gasteiger partial charge < -0.3 is 10.0 Å². The Bertz CT molecular complexity index is 1310. The number of carboxylic acid groups (broad SMARTS) is 1. The minimum atomic E-state index is -5.00. The van der Waals surface area contributed by atoms with Crippen LogP contribution in [0.25, 0.3) is 0 Å². The van der Waals surface area contributed by atoms with Crippen molar-refractivity contribution >= 4 is 17.7 Å². The molecule has 0 bridgehead atoms. The molecule has 0 unspecified atom stereocenters.